The summed E-state index contributed by atoms with van der Waals surface area (Å²) < 4.78 is 1.04. The maximum Gasteiger partial charge on any atom is 0.115 e. The van der Waals surface area contributed by atoms with E-state index in [0.717, 1.165) is 20.5 Å². The van der Waals surface area contributed by atoms with Crippen molar-refractivity contribution in [3.05, 3.63) is 55.1 Å². The molecule has 2 rings (SSSR count). The summed E-state index contributed by atoms with van der Waals surface area (Å²) in [5.41, 5.74) is 1.97. The summed E-state index contributed by atoms with van der Waals surface area (Å²) in [4.78, 5) is 0.795. The van der Waals surface area contributed by atoms with E-state index in [2.05, 4.69) is 15.9 Å². The molecule has 0 bridgehead atoms. The lowest BCUT2D eigenvalue weighted by Gasteiger charge is -2.11. The Balaban J connectivity index is 2.38. The van der Waals surface area contributed by atoms with Gasteiger partial charge in [-0.2, -0.15) is 0 Å². The number of benzene rings is 1. The van der Waals surface area contributed by atoms with E-state index in [1.807, 2.05) is 30.5 Å². The van der Waals surface area contributed by atoms with Crippen molar-refractivity contribution in [3.8, 4) is 0 Å². The zero-order valence-corrected chi connectivity index (χ0v) is 11.7. The average molecular weight is 318 g/mol. The SMILES string of the molecule is Cc1cc(C(O)c2sccc2Cl)ccc1Br. The molecule has 16 heavy (non-hydrogen) atoms. The third-order valence-corrected chi connectivity index (χ3v) is 4.69. The highest BCUT2D eigenvalue weighted by Gasteiger charge is 2.15. The molecule has 0 saturated carbocycles. The first-order valence-corrected chi connectivity index (χ1v) is 6.81. The number of hydrogen-bond acceptors (Lipinski definition) is 2. The highest BCUT2D eigenvalue weighted by molar-refractivity contribution is 9.10. The van der Waals surface area contributed by atoms with Gasteiger partial charge in [0.1, 0.15) is 6.10 Å². The first-order valence-electron chi connectivity index (χ1n) is 4.76. The Morgan fingerprint density at radius 1 is 1.38 bits per heavy atom. The summed E-state index contributed by atoms with van der Waals surface area (Å²) >= 11 is 10.9. The van der Waals surface area contributed by atoms with E-state index in [4.69, 9.17) is 11.6 Å². The lowest BCUT2D eigenvalue weighted by Crippen LogP contribution is -1.98. The van der Waals surface area contributed by atoms with E-state index in [1.54, 1.807) is 6.07 Å². The minimum absolute atomic E-state index is 0.623. The lowest BCUT2D eigenvalue weighted by atomic mass is 10.1. The maximum absolute atomic E-state index is 10.2. The molecule has 0 amide bonds. The molecule has 0 spiro atoms. The number of aliphatic hydroxyl groups excluding tert-OH is 1. The molecule has 0 aliphatic rings. The molecule has 1 unspecified atom stereocenters. The molecular formula is C12H10BrClOS. The van der Waals surface area contributed by atoms with Crippen LogP contribution in [0.4, 0.5) is 0 Å². The Kier molecular flexibility index (Phi) is 3.70. The molecule has 0 radical (unpaired) electrons. The van der Waals surface area contributed by atoms with Gasteiger partial charge < -0.3 is 5.11 Å². The second-order valence-electron chi connectivity index (χ2n) is 3.54. The third-order valence-electron chi connectivity index (χ3n) is 2.39. The first kappa shape index (κ1) is 12.1. The number of halogens is 2. The fraction of sp³-hybridized carbons (Fsp3) is 0.167. The number of aryl methyl sites for hydroxylation is 1. The molecule has 1 N–H and O–H groups in total. The minimum atomic E-state index is -0.640. The van der Waals surface area contributed by atoms with Crippen molar-refractivity contribution >= 4 is 38.9 Å². The van der Waals surface area contributed by atoms with Crippen molar-refractivity contribution in [2.24, 2.45) is 0 Å². The van der Waals surface area contributed by atoms with Gasteiger partial charge in [-0.15, -0.1) is 11.3 Å². The summed E-state index contributed by atoms with van der Waals surface area (Å²) in [6.45, 7) is 2.00. The van der Waals surface area contributed by atoms with Gasteiger partial charge >= 0.3 is 0 Å². The summed E-state index contributed by atoms with van der Waals surface area (Å²) in [6, 6.07) is 7.61. The molecule has 84 valence electrons. The van der Waals surface area contributed by atoms with E-state index in [-0.39, 0.29) is 0 Å². The Bertz CT molecular complexity index is 509. The molecular weight excluding hydrogens is 308 g/mol. The van der Waals surface area contributed by atoms with E-state index in [9.17, 15) is 5.11 Å². The first-order chi connectivity index (χ1) is 7.59. The fourth-order valence-electron chi connectivity index (χ4n) is 1.49. The van der Waals surface area contributed by atoms with Crippen LogP contribution < -0.4 is 0 Å². The lowest BCUT2D eigenvalue weighted by molar-refractivity contribution is 0.224. The van der Waals surface area contributed by atoms with Gasteiger partial charge in [0, 0.05) is 4.47 Å². The molecule has 1 heterocycles. The normalized spacial score (nSPS) is 12.8. The van der Waals surface area contributed by atoms with Crippen LogP contribution in [0.3, 0.4) is 0 Å². The molecule has 2 aromatic rings. The topological polar surface area (TPSA) is 20.2 Å². The predicted molar refractivity (Wildman–Crippen MR) is 72.3 cm³/mol. The monoisotopic (exact) mass is 316 g/mol. The standard InChI is InChI=1S/C12H10BrClOS/c1-7-6-8(2-3-9(7)13)11(15)12-10(14)4-5-16-12/h2-6,11,15H,1H3. The van der Waals surface area contributed by atoms with Crippen molar-refractivity contribution in [1.29, 1.82) is 0 Å². The molecule has 4 heteroatoms. The Morgan fingerprint density at radius 2 is 2.12 bits per heavy atom. The zero-order chi connectivity index (χ0) is 11.7. The quantitative estimate of drug-likeness (QED) is 0.861. The fourth-order valence-corrected chi connectivity index (χ4v) is 2.91. The van der Waals surface area contributed by atoms with Crippen LogP contribution in [0, 0.1) is 6.92 Å². The van der Waals surface area contributed by atoms with Crippen molar-refractivity contribution in [2.75, 3.05) is 0 Å². The maximum atomic E-state index is 10.2. The van der Waals surface area contributed by atoms with Crippen LogP contribution >= 0.6 is 38.9 Å². The van der Waals surface area contributed by atoms with Crippen LogP contribution in [0.15, 0.2) is 34.1 Å². The Morgan fingerprint density at radius 3 is 2.69 bits per heavy atom. The molecule has 1 aromatic carbocycles. The second-order valence-corrected chi connectivity index (χ2v) is 5.75. The minimum Gasteiger partial charge on any atom is -0.383 e. The summed E-state index contributed by atoms with van der Waals surface area (Å²) in [5, 5.41) is 12.7. The summed E-state index contributed by atoms with van der Waals surface area (Å²) in [6.07, 6.45) is -0.640. The Hall–Kier alpha value is -0.350. The van der Waals surface area contributed by atoms with Crippen LogP contribution in [-0.2, 0) is 0 Å². The average Bonchev–Trinajstić information content (AvgIpc) is 2.67. The van der Waals surface area contributed by atoms with Gasteiger partial charge in [0.05, 0.1) is 9.90 Å². The largest absolute Gasteiger partial charge is 0.383 e. The van der Waals surface area contributed by atoms with Crippen LogP contribution in [0.1, 0.15) is 22.1 Å². The van der Waals surface area contributed by atoms with E-state index >= 15 is 0 Å². The van der Waals surface area contributed by atoms with E-state index in [0.29, 0.717) is 5.02 Å². The highest BCUT2D eigenvalue weighted by Crippen LogP contribution is 2.33. The molecule has 1 nitrogen and oxygen atoms in total. The summed E-state index contributed by atoms with van der Waals surface area (Å²) in [5.74, 6) is 0. The van der Waals surface area contributed by atoms with Crippen LogP contribution in [0.5, 0.6) is 0 Å². The van der Waals surface area contributed by atoms with Crippen molar-refractivity contribution in [1.82, 2.24) is 0 Å². The molecule has 0 saturated heterocycles. The van der Waals surface area contributed by atoms with Gasteiger partial charge in [-0.3, -0.25) is 0 Å². The number of thiophene rings is 1. The number of rotatable bonds is 2. The molecule has 1 aromatic heterocycles. The predicted octanol–water partition coefficient (Wildman–Crippen LogP) is 4.55. The van der Waals surface area contributed by atoms with Gasteiger partial charge in [0.2, 0.25) is 0 Å². The van der Waals surface area contributed by atoms with Crippen LogP contribution in [0.2, 0.25) is 5.02 Å². The van der Waals surface area contributed by atoms with Gasteiger partial charge in [0.15, 0.2) is 0 Å². The van der Waals surface area contributed by atoms with Crippen molar-refractivity contribution < 1.29 is 5.11 Å². The third kappa shape index (κ3) is 2.33. The smallest absolute Gasteiger partial charge is 0.115 e. The molecule has 0 fully saturated rings. The van der Waals surface area contributed by atoms with Gasteiger partial charge in [0.25, 0.3) is 0 Å². The molecule has 0 aliphatic heterocycles. The highest BCUT2D eigenvalue weighted by atomic mass is 79.9. The molecule has 1 atom stereocenters. The second kappa shape index (κ2) is 4.88. The van der Waals surface area contributed by atoms with E-state index in [1.165, 1.54) is 11.3 Å². The Labute approximate surface area is 112 Å². The van der Waals surface area contributed by atoms with Gasteiger partial charge in [-0.1, -0.05) is 39.7 Å². The number of hydrogen-bond donors (Lipinski definition) is 1. The summed E-state index contributed by atoms with van der Waals surface area (Å²) in [7, 11) is 0. The number of aliphatic hydroxyl groups is 1. The van der Waals surface area contributed by atoms with Crippen LogP contribution in [-0.4, -0.2) is 5.11 Å². The van der Waals surface area contributed by atoms with Gasteiger partial charge in [-0.05, 0) is 35.6 Å². The zero-order valence-electron chi connectivity index (χ0n) is 8.58. The van der Waals surface area contributed by atoms with Crippen molar-refractivity contribution in [2.45, 2.75) is 13.0 Å². The van der Waals surface area contributed by atoms with E-state index < -0.39 is 6.10 Å². The van der Waals surface area contributed by atoms with Crippen molar-refractivity contribution in [3.63, 3.8) is 0 Å². The van der Waals surface area contributed by atoms with Crippen LogP contribution in [0.25, 0.3) is 0 Å². The molecule has 0 aliphatic carbocycles. The van der Waals surface area contributed by atoms with Gasteiger partial charge in [-0.25, -0.2) is 0 Å².